The van der Waals surface area contributed by atoms with Crippen LogP contribution in [0.2, 0.25) is 0 Å². The third kappa shape index (κ3) is 3.49. The van der Waals surface area contributed by atoms with Crippen LogP contribution in [0.15, 0.2) is 54.6 Å². The van der Waals surface area contributed by atoms with Gasteiger partial charge in [-0.2, -0.15) is 0 Å². The van der Waals surface area contributed by atoms with Crippen molar-refractivity contribution in [3.8, 4) is 5.75 Å². The number of aryl methyl sites for hydroxylation is 1. The van der Waals surface area contributed by atoms with Gasteiger partial charge in [0, 0.05) is 18.0 Å². The molecule has 2 aliphatic heterocycles. The number of benzene rings is 2. The molecular formula is C22H27NO. The molecule has 0 N–H and O–H groups in total. The fourth-order valence-electron chi connectivity index (χ4n) is 4.21. The summed E-state index contributed by atoms with van der Waals surface area (Å²) in [6.07, 6.45) is 6.67. The van der Waals surface area contributed by atoms with Crippen molar-refractivity contribution >= 4 is 0 Å². The Morgan fingerprint density at radius 2 is 1.62 bits per heavy atom. The number of para-hydroxylation sites is 1. The van der Waals surface area contributed by atoms with E-state index in [0.29, 0.717) is 12.0 Å². The Morgan fingerprint density at radius 1 is 0.875 bits per heavy atom. The van der Waals surface area contributed by atoms with Gasteiger partial charge in [0.2, 0.25) is 0 Å². The maximum atomic E-state index is 6.37. The smallest absolute Gasteiger partial charge is 0.123 e. The van der Waals surface area contributed by atoms with Crippen molar-refractivity contribution in [2.45, 2.75) is 44.1 Å². The minimum absolute atomic E-state index is 0.309. The first-order chi connectivity index (χ1) is 11.9. The van der Waals surface area contributed by atoms with E-state index in [1.54, 1.807) is 0 Å². The van der Waals surface area contributed by atoms with Gasteiger partial charge in [0.15, 0.2) is 0 Å². The van der Waals surface area contributed by atoms with Crippen LogP contribution in [0.25, 0.3) is 0 Å². The molecule has 0 radical (unpaired) electrons. The molecular weight excluding hydrogens is 294 g/mol. The van der Waals surface area contributed by atoms with Gasteiger partial charge in [-0.3, -0.25) is 4.90 Å². The van der Waals surface area contributed by atoms with Crippen molar-refractivity contribution in [3.05, 3.63) is 65.7 Å². The number of piperidine rings is 1. The Balaban J connectivity index is 1.47. The summed E-state index contributed by atoms with van der Waals surface area (Å²) < 4.78 is 6.37. The molecule has 0 spiro atoms. The van der Waals surface area contributed by atoms with Gasteiger partial charge in [0.05, 0.1) is 0 Å². The topological polar surface area (TPSA) is 12.5 Å². The van der Waals surface area contributed by atoms with Crippen molar-refractivity contribution in [1.29, 1.82) is 0 Å². The van der Waals surface area contributed by atoms with Crippen LogP contribution in [0, 0.1) is 0 Å². The third-order valence-corrected chi connectivity index (χ3v) is 5.52. The highest BCUT2D eigenvalue weighted by Gasteiger charge is 2.35. The predicted molar refractivity (Wildman–Crippen MR) is 98.7 cm³/mol. The van der Waals surface area contributed by atoms with E-state index < -0.39 is 0 Å². The first-order valence-electron chi connectivity index (χ1n) is 9.42. The number of ether oxygens (including phenoxy) is 1. The molecule has 0 bridgehead atoms. The van der Waals surface area contributed by atoms with Gasteiger partial charge in [0.25, 0.3) is 0 Å². The zero-order chi connectivity index (χ0) is 16.2. The van der Waals surface area contributed by atoms with Crippen LogP contribution in [0.5, 0.6) is 5.75 Å². The van der Waals surface area contributed by atoms with Crippen molar-refractivity contribution in [1.82, 2.24) is 4.90 Å². The van der Waals surface area contributed by atoms with Gasteiger partial charge in [0.1, 0.15) is 11.9 Å². The lowest BCUT2D eigenvalue weighted by atomic mass is 9.89. The second-order valence-electron chi connectivity index (χ2n) is 7.19. The first-order valence-corrected chi connectivity index (χ1v) is 9.42. The zero-order valence-electron chi connectivity index (χ0n) is 14.4. The van der Waals surface area contributed by atoms with E-state index in [4.69, 9.17) is 4.74 Å². The summed E-state index contributed by atoms with van der Waals surface area (Å²) in [5, 5.41) is 0. The summed E-state index contributed by atoms with van der Waals surface area (Å²) in [5.41, 5.74) is 2.84. The van der Waals surface area contributed by atoms with E-state index in [9.17, 15) is 0 Å². The second-order valence-corrected chi connectivity index (χ2v) is 7.19. The number of nitrogens with zero attached hydrogens (tertiary/aromatic N) is 1. The standard InChI is InChI=1S/C22H27NO/c1-3-9-18(10-4-1)13-14-20-19-11-5-6-12-21(19)24-22(20)17-23-15-7-2-8-16-23/h1,3-6,9-12,20,22H,2,7-8,13-17H2/t20-,22-/m0/s1. The van der Waals surface area contributed by atoms with Crippen LogP contribution in [-0.4, -0.2) is 30.6 Å². The molecule has 126 valence electrons. The lowest BCUT2D eigenvalue weighted by Gasteiger charge is -2.30. The zero-order valence-corrected chi connectivity index (χ0v) is 14.4. The van der Waals surface area contributed by atoms with E-state index in [1.165, 1.54) is 49.9 Å². The van der Waals surface area contributed by atoms with Crippen LogP contribution in [0.1, 0.15) is 42.7 Å². The fraction of sp³-hybridized carbons (Fsp3) is 0.455. The lowest BCUT2D eigenvalue weighted by molar-refractivity contribution is 0.117. The largest absolute Gasteiger partial charge is 0.488 e. The SMILES string of the molecule is c1ccc(CC[C@H]2c3ccccc3O[C@H]2CN2CCCCC2)cc1. The molecule has 1 fully saturated rings. The van der Waals surface area contributed by atoms with Gasteiger partial charge in [-0.1, -0.05) is 55.0 Å². The number of likely N-dealkylation sites (tertiary alicyclic amines) is 1. The highest BCUT2D eigenvalue weighted by Crippen LogP contribution is 2.41. The van der Waals surface area contributed by atoms with E-state index in [-0.39, 0.29) is 0 Å². The minimum Gasteiger partial charge on any atom is -0.488 e. The number of rotatable bonds is 5. The van der Waals surface area contributed by atoms with Crippen LogP contribution in [0.3, 0.4) is 0 Å². The van der Waals surface area contributed by atoms with Crippen LogP contribution in [0.4, 0.5) is 0 Å². The Labute approximate surface area is 145 Å². The fourth-order valence-corrected chi connectivity index (χ4v) is 4.21. The second kappa shape index (κ2) is 7.40. The molecule has 2 nitrogen and oxygen atoms in total. The van der Waals surface area contributed by atoms with Crippen molar-refractivity contribution < 1.29 is 4.74 Å². The molecule has 2 atom stereocenters. The Morgan fingerprint density at radius 3 is 2.46 bits per heavy atom. The first kappa shape index (κ1) is 15.7. The van der Waals surface area contributed by atoms with Crippen molar-refractivity contribution in [2.75, 3.05) is 19.6 Å². The van der Waals surface area contributed by atoms with E-state index in [2.05, 4.69) is 59.5 Å². The molecule has 2 aromatic rings. The number of fused-ring (bicyclic) bond motifs is 1. The molecule has 1 saturated heterocycles. The summed E-state index contributed by atoms with van der Waals surface area (Å²) in [7, 11) is 0. The van der Waals surface area contributed by atoms with Gasteiger partial charge in [-0.05, 0) is 50.4 Å². The summed E-state index contributed by atoms with van der Waals surface area (Å²) in [6.45, 7) is 3.55. The maximum Gasteiger partial charge on any atom is 0.123 e. The Hall–Kier alpha value is -1.80. The van der Waals surface area contributed by atoms with Gasteiger partial charge >= 0.3 is 0 Å². The van der Waals surface area contributed by atoms with Crippen LogP contribution < -0.4 is 4.74 Å². The Bertz CT molecular complexity index is 648. The highest BCUT2D eigenvalue weighted by atomic mass is 16.5. The molecule has 0 aliphatic carbocycles. The molecule has 0 unspecified atom stereocenters. The predicted octanol–water partition coefficient (Wildman–Crippen LogP) is 4.65. The number of hydrogen-bond donors (Lipinski definition) is 0. The molecule has 0 saturated carbocycles. The Kier molecular flexibility index (Phi) is 4.84. The molecule has 2 heteroatoms. The molecule has 2 aromatic carbocycles. The quantitative estimate of drug-likeness (QED) is 0.795. The van der Waals surface area contributed by atoms with Crippen LogP contribution >= 0.6 is 0 Å². The monoisotopic (exact) mass is 321 g/mol. The van der Waals surface area contributed by atoms with E-state index in [1.807, 2.05) is 0 Å². The molecule has 0 amide bonds. The molecule has 2 aliphatic rings. The summed E-state index contributed by atoms with van der Waals surface area (Å²) in [6, 6.07) is 19.5. The van der Waals surface area contributed by atoms with Crippen LogP contribution in [-0.2, 0) is 6.42 Å². The molecule has 2 heterocycles. The molecule has 4 rings (SSSR count). The average molecular weight is 321 g/mol. The maximum absolute atomic E-state index is 6.37. The molecule has 0 aromatic heterocycles. The van der Waals surface area contributed by atoms with Gasteiger partial charge < -0.3 is 4.74 Å². The summed E-state index contributed by atoms with van der Waals surface area (Å²) in [4.78, 5) is 2.61. The summed E-state index contributed by atoms with van der Waals surface area (Å²) >= 11 is 0. The minimum atomic E-state index is 0.309. The van der Waals surface area contributed by atoms with E-state index >= 15 is 0 Å². The molecule has 24 heavy (non-hydrogen) atoms. The third-order valence-electron chi connectivity index (χ3n) is 5.52. The van der Waals surface area contributed by atoms with Gasteiger partial charge in [-0.25, -0.2) is 0 Å². The van der Waals surface area contributed by atoms with Gasteiger partial charge in [-0.15, -0.1) is 0 Å². The highest BCUT2D eigenvalue weighted by molar-refractivity contribution is 5.41. The average Bonchev–Trinajstić information content (AvgIpc) is 2.99. The van der Waals surface area contributed by atoms with Crippen molar-refractivity contribution in [2.24, 2.45) is 0 Å². The number of hydrogen-bond acceptors (Lipinski definition) is 2. The van der Waals surface area contributed by atoms with Crippen molar-refractivity contribution in [3.63, 3.8) is 0 Å². The normalized spacial score (nSPS) is 23.7. The lowest BCUT2D eigenvalue weighted by Crippen LogP contribution is -2.39. The summed E-state index contributed by atoms with van der Waals surface area (Å²) in [5.74, 6) is 1.63. The van der Waals surface area contributed by atoms with E-state index in [0.717, 1.165) is 18.7 Å².